The number of benzene rings is 1. The summed E-state index contributed by atoms with van der Waals surface area (Å²) < 4.78 is 18.7. The van der Waals surface area contributed by atoms with Crippen LogP contribution in [0.4, 0.5) is 4.39 Å². The summed E-state index contributed by atoms with van der Waals surface area (Å²) in [7, 11) is 0. The fraction of sp³-hybridized carbons (Fsp3) is 0.462. The van der Waals surface area contributed by atoms with Crippen molar-refractivity contribution in [1.29, 1.82) is 0 Å². The van der Waals surface area contributed by atoms with Gasteiger partial charge in [-0.05, 0) is 37.8 Å². The first kappa shape index (κ1) is 11.9. The van der Waals surface area contributed by atoms with Crippen LogP contribution in [0.3, 0.4) is 0 Å². The van der Waals surface area contributed by atoms with E-state index in [1.165, 1.54) is 12.1 Å². The Balaban J connectivity index is 2.20. The number of nitrogens with two attached hydrogens (primary N) is 1. The van der Waals surface area contributed by atoms with Crippen LogP contribution in [0, 0.1) is 5.82 Å². The summed E-state index contributed by atoms with van der Waals surface area (Å²) >= 11 is 0. The lowest BCUT2D eigenvalue weighted by molar-refractivity contribution is -0.136. The van der Waals surface area contributed by atoms with Gasteiger partial charge < -0.3 is 10.5 Å². The minimum absolute atomic E-state index is 0.366. The van der Waals surface area contributed by atoms with Crippen LogP contribution in [-0.2, 0) is 4.79 Å². The van der Waals surface area contributed by atoms with E-state index in [-0.39, 0.29) is 5.82 Å². The molecule has 1 aliphatic rings. The van der Waals surface area contributed by atoms with E-state index in [1.54, 1.807) is 12.1 Å². The van der Waals surface area contributed by atoms with Gasteiger partial charge in [0.2, 0.25) is 0 Å². The van der Waals surface area contributed by atoms with E-state index in [0.717, 1.165) is 19.3 Å². The summed E-state index contributed by atoms with van der Waals surface area (Å²) in [6.45, 7) is 0. The molecule has 2 rings (SSSR count). The van der Waals surface area contributed by atoms with E-state index in [0.29, 0.717) is 18.6 Å². The molecule has 2 N–H and O–H groups in total. The van der Waals surface area contributed by atoms with Crippen LogP contribution in [0.25, 0.3) is 0 Å². The Morgan fingerprint density at radius 1 is 1.29 bits per heavy atom. The van der Waals surface area contributed by atoms with Crippen molar-refractivity contribution in [1.82, 2.24) is 0 Å². The van der Waals surface area contributed by atoms with Gasteiger partial charge in [-0.1, -0.05) is 12.5 Å². The van der Waals surface area contributed by atoms with Crippen LogP contribution in [-0.4, -0.2) is 11.5 Å². The van der Waals surface area contributed by atoms with E-state index in [9.17, 15) is 9.18 Å². The lowest BCUT2D eigenvalue weighted by Gasteiger charge is -2.34. The topological polar surface area (TPSA) is 52.3 Å². The average molecular weight is 237 g/mol. The van der Waals surface area contributed by atoms with Crippen LogP contribution < -0.4 is 10.5 Å². The first-order valence-electron chi connectivity index (χ1n) is 5.87. The highest BCUT2D eigenvalue weighted by Gasteiger charge is 2.40. The largest absolute Gasteiger partial charge is 0.477 e. The molecule has 0 bridgehead atoms. The fourth-order valence-electron chi connectivity index (χ4n) is 2.28. The number of hydrogen-bond acceptors (Lipinski definition) is 2. The van der Waals surface area contributed by atoms with Crippen molar-refractivity contribution in [3.05, 3.63) is 30.1 Å². The predicted molar refractivity (Wildman–Crippen MR) is 62.0 cm³/mol. The van der Waals surface area contributed by atoms with Gasteiger partial charge in [-0.3, -0.25) is 4.79 Å². The van der Waals surface area contributed by atoms with Gasteiger partial charge in [0, 0.05) is 6.07 Å². The molecule has 0 unspecified atom stereocenters. The van der Waals surface area contributed by atoms with Crippen LogP contribution in [0.2, 0.25) is 0 Å². The Hall–Kier alpha value is -1.58. The number of rotatable bonds is 3. The molecule has 17 heavy (non-hydrogen) atoms. The van der Waals surface area contributed by atoms with Crippen molar-refractivity contribution >= 4 is 5.91 Å². The minimum atomic E-state index is -0.952. The Morgan fingerprint density at radius 3 is 2.59 bits per heavy atom. The molecule has 0 heterocycles. The average Bonchev–Trinajstić information content (AvgIpc) is 2.30. The molecule has 1 saturated carbocycles. The van der Waals surface area contributed by atoms with E-state index in [4.69, 9.17) is 10.5 Å². The molecule has 0 aromatic heterocycles. The molecule has 1 aromatic carbocycles. The molecule has 1 amide bonds. The second-order valence-electron chi connectivity index (χ2n) is 4.48. The van der Waals surface area contributed by atoms with Gasteiger partial charge in [-0.15, -0.1) is 0 Å². The quantitative estimate of drug-likeness (QED) is 0.877. The maximum Gasteiger partial charge on any atom is 0.261 e. The lowest BCUT2D eigenvalue weighted by atomic mass is 9.84. The number of primary amides is 1. The monoisotopic (exact) mass is 237 g/mol. The third kappa shape index (κ3) is 2.57. The SMILES string of the molecule is NC(=O)C1(Oc2cccc(F)c2)CCCCC1. The molecule has 0 atom stereocenters. The molecule has 3 nitrogen and oxygen atoms in total. The number of carbonyl (C=O) groups is 1. The van der Waals surface area contributed by atoms with Crippen molar-refractivity contribution in [2.75, 3.05) is 0 Å². The Bertz CT molecular complexity index is 414. The molecular formula is C13H16FNO2. The maximum atomic E-state index is 13.1. The van der Waals surface area contributed by atoms with Crippen molar-refractivity contribution in [2.45, 2.75) is 37.7 Å². The van der Waals surface area contributed by atoms with Gasteiger partial charge in [-0.2, -0.15) is 0 Å². The smallest absolute Gasteiger partial charge is 0.261 e. The second-order valence-corrected chi connectivity index (χ2v) is 4.48. The first-order chi connectivity index (χ1) is 8.12. The zero-order valence-corrected chi connectivity index (χ0v) is 9.62. The van der Waals surface area contributed by atoms with Crippen LogP contribution in [0.15, 0.2) is 24.3 Å². The van der Waals surface area contributed by atoms with Gasteiger partial charge >= 0.3 is 0 Å². The third-order valence-corrected chi connectivity index (χ3v) is 3.22. The number of hydrogen-bond donors (Lipinski definition) is 1. The number of carbonyl (C=O) groups excluding carboxylic acids is 1. The molecular weight excluding hydrogens is 221 g/mol. The molecule has 1 aromatic rings. The number of halogens is 1. The van der Waals surface area contributed by atoms with E-state index in [1.807, 2.05) is 0 Å². The molecule has 4 heteroatoms. The summed E-state index contributed by atoms with van der Waals surface area (Å²) in [4.78, 5) is 11.6. The Kier molecular flexibility index (Phi) is 3.31. The molecule has 0 aliphatic heterocycles. The highest BCUT2D eigenvalue weighted by molar-refractivity contribution is 5.84. The highest BCUT2D eigenvalue weighted by Crippen LogP contribution is 2.33. The minimum Gasteiger partial charge on any atom is -0.477 e. The number of amides is 1. The molecule has 0 saturated heterocycles. The number of ether oxygens (including phenoxy) is 1. The summed E-state index contributed by atoms with van der Waals surface area (Å²) in [6.07, 6.45) is 4.13. The van der Waals surface area contributed by atoms with Crippen molar-refractivity contribution < 1.29 is 13.9 Å². The van der Waals surface area contributed by atoms with E-state index in [2.05, 4.69) is 0 Å². The normalized spacial score (nSPS) is 18.6. The summed E-state index contributed by atoms with van der Waals surface area (Å²) in [5.74, 6) is -0.468. The second kappa shape index (κ2) is 4.73. The predicted octanol–water partition coefficient (Wildman–Crippen LogP) is 2.39. The first-order valence-corrected chi connectivity index (χ1v) is 5.87. The van der Waals surface area contributed by atoms with Gasteiger partial charge in [0.25, 0.3) is 5.91 Å². The molecule has 0 spiro atoms. The van der Waals surface area contributed by atoms with Crippen LogP contribution in [0.1, 0.15) is 32.1 Å². The molecule has 92 valence electrons. The molecule has 0 radical (unpaired) electrons. The van der Waals surface area contributed by atoms with Gasteiger partial charge in [0.1, 0.15) is 11.6 Å². The molecule has 1 aliphatic carbocycles. The van der Waals surface area contributed by atoms with Crippen LogP contribution in [0.5, 0.6) is 5.75 Å². The summed E-state index contributed by atoms with van der Waals surface area (Å²) in [5.41, 5.74) is 4.48. The van der Waals surface area contributed by atoms with Crippen molar-refractivity contribution in [2.24, 2.45) is 5.73 Å². The fourth-order valence-corrected chi connectivity index (χ4v) is 2.28. The van der Waals surface area contributed by atoms with E-state index < -0.39 is 11.5 Å². The van der Waals surface area contributed by atoms with E-state index >= 15 is 0 Å². The standard InChI is InChI=1S/C13H16FNO2/c14-10-5-4-6-11(9-10)17-13(12(15)16)7-2-1-3-8-13/h4-6,9H,1-3,7-8H2,(H2,15,16). The third-order valence-electron chi connectivity index (χ3n) is 3.22. The Labute approximate surface area is 99.8 Å². The lowest BCUT2D eigenvalue weighted by Crippen LogP contribution is -2.50. The van der Waals surface area contributed by atoms with Gasteiger partial charge in [0.05, 0.1) is 0 Å². The zero-order valence-electron chi connectivity index (χ0n) is 9.62. The summed E-state index contributed by atoms with van der Waals surface area (Å²) in [5, 5.41) is 0. The van der Waals surface area contributed by atoms with Crippen molar-refractivity contribution in [3.63, 3.8) is 0 Å². The van der Waals surface area contributed by atoms with Gasteiger partial charge in [0.15, 0.2) is 5.60 Å². The maximum absolute atomic E-state index is 13.1. The summed E-state index contributed by atoms with van der Waals surface area (Å²) in [6, 6.07) is 5.81. The van der Waals surface area contributed by atoms with Crippen LogP contribution >= 0.6 is 0 Å². The van der Waals surface area contributed by atoms with Crippen molar-refractivity contribution in [3.8, 4) is 5.75 Å². The Morgan fingerprint density at radius 2 is 2.00 bits per heavy atom. The highest BCUT2D eigenvalue weighted by atomic mass is 19.1. The zero-order chi connectivity index (χ0) is 12.3. The molecule has 1 fully saturated rings. The van der Waals surface area contributed by atoms with Gasteiger partial charge in [-0.25, -0.2) is 4.39 Å².